The Morgan fingerprint density at radius 2 is 1.65 bits per heavy atom. The Morgan fingerprint density at radius 3 is 2.29 bits per heavy atom. The van der Waals surface area contributed by atoms with Crippen molar-refractivity contribution in [2.45, 2.75) is 26.8 Å². The van der Waals surface area contributed by atoms with E-state index in [4.69, 9.17) is 0 Å². The van der Waals surface area contributed by atoms with Gasteiger partial charge in [-0.05, 0) is 12.5 Å². The molecule has 2 heteroatoms. The van der Waals surface area contributed by atoms with E-state index in [2.05, 4.69) is 67.1 Å². The molecule has 0 fully saturated rings. The summed E-state index contributed by atoms with van der Waals surface area (Å²) in [5, 5.41) is 0. The van der Waals surface area contributed by atoms with Crippen LogP contribution in [0, 0.1) is 6.92 Å². The summed E-state index contributed by atoms with van der Waals surface area (Å²) in [7, 11) is 0. The lowest BCUT2D eigenvalue weighted by molar-refractivity contribution is -0.694. The summed E-state index contributed by atoms with van der Waals surface area (Å²) in [5.41, 5.74) is 4.05. The van der Waals surface area contributed by atoms with Crippen molar-refractivity contribution in [2.24, 2.45) is 0 Å². The third-order valence-corrected chi connectivity index (χ3v) is 2.92. The Balaban J connectivity index is 0.00000144. The van der Waals surface area contributed by atoms with Gasteiger partial charge in [-0.2, -0.15) is 4.57 Å². The highest BCUT2D eigenvalue weighted by Crippen LogP contribution is 2.02. The average Bonchev–Trinajstić information content (AvgIpc) is 2.33. The van der Waals surface area contributed by atoms with E-state index in [1.54, 1.807) is 0 Å². The van der Waals surface area contributed by atoms with Crippen molar-refractivity contribution in [3.8, 4) is 0 Å². The first-order valence-corrected chi connectivity index (χ1v) is 5.82. The van der Waals surface area contributed by atoms with Crippen LogP contribution in [0.1, 0.15) is 23.7 Å². The van der Waals surface area contributed by atoms with E-state index in [1.807, 2.05) is 0 Å². The first-order chi connectivity index (χ1) is 7.79. The van der Waals surface area contributed by atoms with E-state index >= 15 is 0 Å². The summed E-state index contributed by atoms with van der Waals surface area (Å²) in [4.78, 5) is 0. The zero-order valence-corrected chi connectivity index (χ0v) is 11.9. The topological polar surface area (TPSA) is 3.88 Å². The van der Waals surface area contributed by atoms with Crippen molar-refractivity contribution < 1.29 is 21.5 Å². The van der Waals surface area contributed by atoms with E-state index in [1.165, 1.54) is 16.8 Å². The van der Waals surface area contributed by atoms with Crippen LogP contribution in [-0.2, 0) is 13.0 Å². The smallest absolute Gasteiger partial charge is 0.178 e. The van der Waals surface area contributed by atoms with E-state index in [-0.39, 0.29) is 17.0 Å². The fraction of sp³-hybridized carbons (Fsp3) is 0.267. The Kier molecular flexibility index (Phi) is 5.36. The van der Waals surface area contributed by atoms with Crippen molar-refractivity contribution in [2.75, 3.05) is 0 Å². The molecule has 2 aromatic rings. The molecule has 1 aromatic carbocycles. The number of aromatic nitrogens is 1. The van der Waals surface area contributed by atoms with Gasteiger partial charge in [0.2, 0.25) is 0 Å². The molecule has 17 heavy (non-hydrogen) atoms. The molecule has 0 spiro atoms. The lowest BCUT2D eigenvalue weighted by Crippen LogP contribution is -3.00. The number of nitrogens with zero attached hydrogens (tertiary/aromatic N) is 1. The zero-order valence-electron chi connectivity index (χ0n) is 10.4. The number of aryl methyl sites for hydroxylation is 2. The Bertz CT molecular complexity index is 466. The van der Waals surface area contributed by atoms with Crippen LogP contribution in [0.15, 0.2) is 48.7 Å². The maximum Gasteiger partial charge on any atom is 0.178 e. The zero-order chi connectivity index (χ0) is 11.4. The minimum absolute atomic E-state index is 0. The van der Waals surface area contributed by atoms with Gasteiger partial charge < -0.3 is 17.0 Å². The molecular weight excluding hydrogens is 274 g/mol. The largest absolute Gasteiger partial charge is 1.00 e. The molecule has 1 heterocycles. The van der Waals surface area contributed by atoms with Crippen LogP contribution >= 0.6 is 0 Å². The van der Waals surface area contributed by atoms with E-state index in [0.29, 0.717) is 0 Å². The van der Waals surface area contributed by atoms with Gasteiger partial charge in [0, 0.05) is 24.1 Å². The molecule has 0 amide bonds. The Labute approximate surface area is 114 Å². The Morgan fingerprint density at radius 1 is 0.941 bits per heavy atom. The van der Waals surface area contributed by atoms with Gasteiger partial charge in [0.1, 0.15) is 0 Å². The summed E-state index contributed by atoms with van der Waals surface area (Å²) in [6.45, 7) is 5.31. The third kappa shape index (κ3) is 3.67. The lowest BCUT2D eigenvalue weighted by atomic mass is 10.2. The minimum atomic E-state index is 0. The van der Waals surface area contributed by atoms with Gasteiger partial charge in [0.15, 0.2) is 18.4 Å². The third-order valence-electron chi connectivity index (χ3n) is 2.92. The normalized spacial score (nSPS) is 9.76. The number of hydrogen-bond donors (Lipinski definition) is 0. The van der Waals surface area contributed by atoms with Gasteiger partial charge in [0.05, 0.1) is 0 Å². The van der Waals surface area contributed by atoms with Crippen LogP contribution < -0.4 is 21.5 Å². The van der Waals surface area contributed by atoms with Gasteiger partial charge in [-0.25, -0.2) is 0 Å². The summed E-state index contributed by atoms with van der Waals surface area (Å²) in [5.74, 6) is 0. The SMILES string of the molecule is CCc1ccc(C)[n+](Cc2ccccc2)c1.[Br-]. The van der Waals surface area contributed by atoms with E-state index < -0.39 is 0 Å². The second kappa shape index (κ2) is 6.55. The number of rotatable bonds is 3. The van der Waals surface area contributed by atoms with Crippen molar-refractivity contribution in [3.05, 3.63) is 65.5 Å². The molecule has 0 unspecified atom stereocenters. The number of benzene rings is 1. The Hall–Kier alpha value is -1.15. The highest BCUT2D eigenvalue weighted by molar-refractivity contribution is 5.14. The average molecular weight is 292 g/mol. The molecular formula is C15H18BrN. The first kappa shape index (κ1) is 13.9. The minimum Gasteiger partial charge on any atom is -1.00 e. The number of hydrogen-bond acceptors (Lipinski definition) is 0. The fourth-order valence-corrected chi connectivity index (χ4v) is 1.83. The highest BCUT2D eigenvalue weighted by Gasteiger charge is 2.07. The molecule has 0 saturated carbocycles. The highest BCUT2D eigenvalue weighted by atomic mass is 79.9. The van der Waals surface area contributed by atoms with Gasteiger partial charge in [0.25, 0.3) is 0 Å². The summed E-state index contributed by atoms with van der Waals surface area (Å²) in [6.07, 6.45) is 3.34. The maximum absolute atomic E-state index is 2.31. The monoisotopic (exact) mass is 291 g/mol. The maximum atomic E-state index is 2.31. The molecule has 0 bridgehead atoms. The van der Waals surface area contributed by atoms with Crippen LogP contribution in [-0.4, -0.2) is 0 Å². The molecule has 0 aliphatic heterocycles. The van der Waals surface area contributed by atoms with Gasteiger partial charge in [-0.3, -0.25) is 0 Å². The molecule has 90 valence electrons. The molecule has 1 nitrogen and oxygen atoms in total. The molecule has 0 aliphatic rings. The predicted octanol–water partition coefficient (Wildman–Crippen LogP) is -0.103. The molecule has 0 atom stereocenters. The molecule has 0 saturated heterocycles. The van der Waals surface area contributed by atoms with Crippen molar-refractivity contribution in [1.29, 1.82) is 0 Å². The van der Waals surface area contributed by atoms with Crippen LogP contribution in [0.4, 0.5) is 0 Å². The van der Waals surface area contributed by atoms with Crippen LogP contribution in [0.5, 0.6) is 0 Å². The summed E-state index contributed by atoms with van der Waals surface area (Å²) < 4.78 is 2.31. The van der Waals surface area contributed by atoms with Gasteiger partial charge in [-0.15, -0.1) is 0 Å². The predicted molar refractivity (Wildman–Crippen MR) is 66.3 cm³/mol. The van der Waals surface area contributed by atoms with E-state index in [0.717, 1.165) is 13.0 Å². The van der Waals surface area contributed by atoms with Crippen LogP contribution in [0.3, 0.4) is 0 Å². The lowest BCUT2D eigenvalue weighted by Gasteiger charge is -2.02. The quantitative estimate of drug-likeness (QED) is 0.696. The molecule has 1 aromatic heterocycles. The summed E-state index contributed by atoms with van der Waals surface area (Å²) >= 11 is 0. The molecule has 0 radical (unpaired) electrons. The van der Waals surface area contributed by atoms with Crippen LogP contribution in [0.2, 0.25) is 0 Å². The number of halogens is 1. The number of pyridine rings is 1. The fourth-order valence-electron chi connectivity index (χ4n) is 1.83. The van der Waals surface area contributed by atoms with Gasteiger partial charge in [-0.1, -0.05) is 37.3 Å². The molecule has 0 aliphatic carbocycles. The standard InChI is InChI=1S/C15H18N.BrH/c1-3-14-10-9-13(2)16(11-14)12-15-7-5-4-6-8-15;/h4-11H,3,12H2,1-2H3;1H/q+1;/p-1. The second-order valence-corrected chi connectivity index (χ2v) is 4.15. The van der Waals surface area contributed by atoms with Crippen LogP contribution in [0.25, 0.3) is 0 Å². The van der Waals surface area contributed by atoms with Crippen molar-refractivity contribution in [3.63, 3.8) is 0 Å². The van der Waals surface area contributed by atoms with E-state index in [9.17, 15) is 0 Å². The van der Waals surface area contributed by atoms with Crippen molar-refractivity contribution >= 4 is 0 Å². The van der Waals surface area contributed by atoms with Gasteiger partial charge >= 0.3 is 0 Å². The second-order valence-electron chi connectivity index (χ2n) is 4.15. The summed E-state index contributed by atoms with van der Waals surface area (Å²) in [6, 6.07) is 15.0. The molecule has 2 rings (SSSR count). The first-order valence-electron chi connectivity index (χ1n) is 5.82. The van der Waals surface area contributed by atoms with Crippen molar-refractivity contribution in [1.82, 2.24) is 0 Å². The molecule has 0 N–H and O–H groups in total.